The molecule has 0 spiro atoms. The second-order valence-corrected chi connectivity index (χ2v) is 8.69. The lowest BCUT2D eigenvalue weighted by Crippen LogP contribution is -2.47. The van der Waals surface area contributed by atoms with Crippen molar-refractivity contribution in [3.05, 3.63) is 52.2 Å². The number of ether oxygens (including phenoxy) is 2. The molecule has 2 heterocycles. The predicted molar refractivity (Wildman–Crippen MR) is 125 cm³/mol. The van der Waals surface area contributed by atoms with Crippen LogP contribution in [0.4, 0.5) is 0 Å². The van der Waals surface area contributed by atoms with Gasteiger partial charge in [-0.15, -0.1) is 11.3 Å². The van der Waals surface area contributed by atoms with Crippen LogP contribution in [0.3, 0.4) is 0 Å². The highest BCUT2D eigenvalue weighted by atomic mass is 32.1. The van der Waals surface area contributed by atoms with E-state index >= 15 is 0 Å². The van der Waals surface area contributed by atoms with Gasteiger partial charge in [0.25, 0.3) is 0 Å². The minimum absolute atomic E-state index is 0.252. The van der Waals surface area contributed by atoms with Crippen LogP contribution in [0.25, 0.3) is 0 Å². The van der Waals surface area contributed by atoms with Crippen LogP contribution in [-0.4, -0.2) is 64.4 Å². The van der Waals surface area contributed by atoms with E-state index in [1.165, 1.54) is 10.4 Å². The van der Waals surface area contributed by atoms with E-state index in [0.29, 0.717) is 5.92 Å². The van der Waals surface area contributed by atoms with Crippen molar-refractivity contribution in [1.29, 1.82) is 0 Å². The van der Waals surface area contributed by atoms with Crippen LogP contribution in [0.15, 0.2) is 46.8 Å². The van der Waals surface area contributed by atoms with Gasteiger partial charge < -0.3 is 20.1 Å². The van der Waals surface area contributed by atoms with E-state index in [1.54, 1.807) is 7.11 Å². The van der Waals surface area contributed by atoms with Crippen molar-refractivity contribution < 1.29 is 9.47 Å². The number of nitrogens with zero attached hydrogens (tertiary/aromatic N) is 2. The van der Waals surface area contributed by atoms with E-state index in [2.05, 4.69) is 57.1 Å². The summed E-state index contributed by atoms with van der Waals surface area (Å²) in [5.41, 5.74) is 1.27. The summed E-state index contributed by atoms with van der Waals surface area (Å²) < 4.78 is 10.9. The van der Waals surface area contributed by atoms with Crippen molar-refractivity contribution in [2.24, 2.45) is 10.9 Å². The van der Waals surface area contributed by atoms with E-state index in [0.717, 1.165) is 57.5 Å². The molecule has 1 aliphatic rings. The number of hydrogen-bond donors (Lipinski definition) is 2. The Labute approximate surface area is 184 Å². The molecule has 0 amide bonds. The molecule has 2 atom stereocenters. The van der Waals surface area contributed by atoms with E-state index in [9.17, 15) is 0 Å². The van der Waals surface area contributed by atoms with Crippen molar-refractivity contribution in [2.75, 3.05) is 53.6 Å². The lowest BCUT2D eigenvalue weighted by atomic mass is 10.0. The largest absolute Gasteiger partial charge is 0.497 e. The quantitative estimate of drug-likeness (QED) is 0.473. The monoisotopic (exact) mass is 430 g/mol. The molecule has 0 bridgehead atoms. The Hall–Kier alpha value is -2.09. The van der Waals surface area contributed by atoms with Crippen molar-refractivity contribution in [1.82, 2.24) is 15.5 Å². The van der Waals surface area contributed by atoms with Crippen LogP contribution in [-0.2, 0) is 11.2 Å². The summed E-state index contributed by atoms with van der Waals surface area (Å²) in [6.07, 6.45) is 1.09. The zero-order valence-electron chi connectivity index (χ0n) is 18.3. The molecule has 30 heavy (non-hydrogen) atoms. The van der Waals surface area contributed by atoms with E-state index in [-0.39, 0.29) is 6.04 Å². The number of benzene rings is 1. The normalized spacial score (nSPS) is 17.4. The Morgan fingerprint density at radius 3 is 2.53 bits per heavy atom. The van der Waals surface area contributed by atoms with Gasteiger partial charge in [-0.1, -0.05) is 25.1 Å². The van der Waals surface area contributed by atoms with Crippen LogP contribution in [0, 0.1) is 5.92 Å². The topological polar surface area (TPSA) is 58.1 Å². The van der Waals surface area contributed by atoms with E-state index in [4.69, 9.17) is 9.47 Å². The number of hydrogen-bond acceptors (Lipinski definition) is 5. The standard InChI is InChI=1S/C23H34N4O2S/c1-18(15-21-5-4-14-30-21)16-25-23(24-2)26-17-22(27-10-12-29-13-11-27)19-6-8-20(28-3)9-7-19/h4-9,14,18,22H,10-13,15-17H2,1-3H3,(H2,24,25,26). The fourth-order valence-electron chi connectivity index (χ4n) is 3.70. The number of methoxy groups -OCH3 is 1. The zero-order valence-corrected chi connectivity index (χ0v) is 19.1. The maximum absolute atomic E-state index is 5.56. The van der Waals surface area contributed by atoms with Gasteiger partial charge in [-0.05, 0) is 41.5 Å². The molecular weight excluding hydrogens is 396 g/mol. The fraction of sp³-hybridized carbons (Fsp3) is 0.522. The number of rotatable bonds is 9. The summed E-state index contributed by atoms with van der Waals surface area (Å²) in [6.45, 7) is 7.37. The van der Waals surface area contributed by atoms with Gasteiger partial charge in [-0.2, -0.15) is 0 Å². The van der Waals surface area contributed by atoms with Crippen molar-refractivity contribution >= 4 is 17.3 Å². The third-order valence-electron chi connectivity index (χ3n) is 5.42. The predicted octanol–water partition coefficient (Wildman–Crippen LogP) is 3.17. The molecule has 0 radical (unpaired) electrons. The van der Waals surface area contributed by atoms with Crippen LogP contribution in [0.1, 0.15) is 23.4 Å². The average Bonchev–Trinajstić information content (AvgIpc) is 3.30. The highest BCUT2D eigenvalue weighted by molar-refractivity contribution is 7.09. The highest BCUT2D eigenvalue weighted by Gasteiger charge is 2.23. The minimum Gasteiger partial charge on any atom is -0.497 e. The van der Waals surface area contributed by atoms with Gasteiger partial charge in [-0.25, -0.2) is 0 Å². The van der Waals surface area contributed by atoms with Crippen molar-refractivity contribution in [3.8, 4) is 5.75 Å². The molecule has 2 unspecified atom stereocenters. The molecule has 1 saturated heterocycles. The summed E-state index contributed by atoms with van der Waals surface area (Å²) >= 11 is 1.82. The summed E-state index contributed by atoms with van der Waals surface area (Å²) in [6, 6.07) is 12.9. The molecule has 1 aliphatic heterocycles. The highest BCUT2D eigenvalue weighted by Crippen LogP contribution is 2.23. The molecule has 2 N–H and O–H groups in total. The summed E-state index contributed by atoms with van der Waals surface area (Å²) in [7, 11) is 3.53. The Morgan fingerprint density at radius 1 is 1.17 bits per heavy atom. The second-order valence-electron chi connectivity index (χ2n) is 7.66. The fourth-order valence-corrected chi connectivity index (χ4v) is 4.57. The molecule has 1 aromatic heterocycles. The van der Waals surface area contributed by atoms with E-state index in [1.807, 2.05) is 30.5 Å². The van der Waals surface area contributed by atoms with Gasteiger partial charge in [0.1, 0.15) is 5.75 Å². The number of guanidine groups is 1. The Kier molecular flexibility index (Phi) is 8.99. The Bertz CT molecular complexity index is 758. The van der Waals surface area contributed by atoms with Gasteiger partial charge in [0, 0.05) is 38.1 Å². The molecule has 0 aliphatic carbocycles. The van der Waals surface area contributed by atoms with Crippen LogP contribution >= 0.6 is 11.3 Å². The van der Waals surface area contributed by atoms with Crippen molar-refractivity contribution in [3.63, 3.8) is 0 Å². The molecule has 1 fully saturated rings. The Balaban J connectivity index is 1.57. The minimum atomic E-state index is 0.252. The smallest absolute Gasteiger partial charge is 0.191 e. The number of morpholine rings is 1. The van der Waals surface area contributed by atoms with Gasteiger partial charge in [-0.3, -0.25) is 9.89 Å². The van der Waals surface area contributed by atoms with Crippen molar-refractivity contribution in [2.45, 2.75) is 19.4 Å². The molecule has 2 aromatic rings. The van der Waals surface area contributed by atoms with Gasteiger partial charge >= 0.3 is 0 Å². The maximum atomic E-state index is 5.56. The maximum Gasteiger partial charge on any atom is 0.191 e. The molecule has 6 nitrogen and oxygen atoms in total. The van der Waals surface area contributed by atoms with Gasteiger partial charge in [0.2, 0.25) is 0 Å². The number of nitrogens with one attached hydrogen (secondary N) is 2. The Morgan fingerprint density at radius 2 is 1.90 bits per heavy atom. The first kappa shape index (κ1) is 22.6. The van der Waals surface area contributed by atoms with Crippen LogP contribution < -0.4 is 15.4 Å². The summed E-state index contributed by atoms with van der Waals surface area (Å²) in [5, 5.41) is 9.17. The molecular formula is C23H34N4O2S. The summed E-state index contributed by atoms with van der Waals surface area (Å²) in [4.78, 5) is 8.34. The molecule has 3 rings (SSSR count). The number of thiophene rings is 1. The number of aliphatic imine (C=N–C) groups is 1. The first-order chi connectivity index (χ1) is 14.7. The third-order valence-corrected chi connectivity index (χ3v) is 6.32. The lowest BCUT2D eigenvalue weighted by molar-refractivity contribution is 0.0170. The molecule has 7 heteroatoms. The van der Waals surface area contributed by atoms with Gasteiger partial charge in [0.15, 0.2) is 5.96 Å². The first-order valence-corrected chi connectivity index (χ1v) is 11.5. The summed E-state index contributed by atoms with van der Waals surface area (Å²) in [5.74, 6) is 2.27. The van der Waals surface area contributed by atoms with Gasteiger partial charge in [0.05, 0.1) is 26.4 Å². The average molecular weight is 431 g/mol. The third kappa shape index (κ3) is 6.72. The lowest BCUT2D eigenvalue weighted by Gasteiger charge is -2.35. The molecule has 164 valence electrons. The first-order valence-electron chi connectivity index (χ1n) is 10.6. The molecule has 1 aromatic carbocycles. The SMILES string of the molecule is CN=C(NCC(C)Cc1cccs1)NCC(c1ccc(OC)cc1)N1CCOCC1. The van der Waals surface area contributed by atoms with E-state index < -0.39 is 0 Å². The second kappa shape index (κ2) is 11.9. The molecule has 0 saturated carbocycles. The van der Waals surface area contributed by atoms with Crippen LogP contribution in [0.2, 0.25) is 0 Å². The van der Waals surface area contributed by atoms with Crippen LogP contribution in [0.5, 0.6) is 5.75 Å². The zero-order chi connectivity index (χ0) is 21.2.